The highest BCUT2D eigenvalue weighted by Gasteiger charge is 2.18. The van der Waals surface area contributed by atoms with E-state index in [1.807, 2.05) is 22.6 Å². The maximum absolute atomic E-state index is 14.2. The summed E-state index contributed by atoms with van der Waals surface area (Å²) < 4.78 is 16.1. The zero-order valence-corrected chi connectivity index (χ0v) is 16.6. The number of hydrogen-bond acceptors (Lipinski definition) is 5. The topological polar surface area (TPSA) is 92.6 Å². The van der Waals surface area contributed by atoms with Crippen LogP contribution in [0.4, 0.5) is 15.9 Å². The van der Waals surface area contributed by atoms with Gasteiger partial charge in [-0.15, -0.1) is 0 Å². The minimum absolute atomic E-state index is 0.0923. The first-order chi connectivity index (χ1) is 12.2. The quantitative estimate of drug-likeness (QED) is 0.441. The molecule has 2 rings (SSSR count). The SMILES string of the molecule is Cc1cc(C(=O)NOCC(C)O)c(Nc2ccc(I)cc2F)n(C)c1=O. The summed E-state index contributed by atoms with van der Waals surface area (Å²) in [4.78, 5) is 29.6. The van der Waals surface area contributed by atoms with Gasteiger partial charge < -0.3 is 10.4 Å². The molecule has 0 saturated heterocycles. The zero-order chi connectivity index (χ0) is 19.4. The maximum Gasteiger partial charge on any atom is 0.278 e. The van der Waals surface area contributed by atoms with E-state index in [-0.39, 0.29) is 29.2 Å². The van der Waals surface area contributed by atoms with Crippen molar-refractivity contribution in [1.82, 2.24) is 10.0 Å². The summed E-state index contributed by atoms with van der Waals surface area (Å²) >= 11 is 1.98. The number of carbonyl (C=O) groups excluding carboxylic acids is 1. The Kier molecular flexibility index (Phi) is 6.73. The summed E-state index contributed by atoms with van der Waals surface area (Å²) in [7, 11) is 1.48. The third kappa shape index (κ3) is 4.80. The molecule has 1 heterocycles. The van der Waals surface area contributed by atoms with Crippen molar-refractivity contribution in [3.05, 3.63) is 55.1 Å². The van der Waals surface area contributed by atoms with E-state index in [2.05, 4.69) is 10.8 Å². The van der Waals surface area contributed by atoms with Crippen LogP contribution in [0.5, 0.6) is 0 Å². The number of aliphatic hydroxyl groups is 1. The molecule has 3 N–H and O–H groups in total. The van der Waals surface area contributed by atoms with E-state index in [0.717, 1.165) is 0 Å². The first-order valence-electron chi connectivity index (χ1n) is 7.73. The fourth-order valence-corrected chi connectivity index (χ4v) is 2.67. The van der Waals surface area contributed by atoms with Crippen molar-refractivity contribution in [3.63, 3.8) is 0 Å². The van der Waals surface area contributed by atoms with Gasteiger partial charge in [0.15, 0.2) is 0 Å². The fraction of sp³-hybridized carbons (Fsp3) is 0.294. The number of anilines is 2. The molecular formula is C17H19FIN3O4. The molecule has 0 aliphatic heterocycles. The number of aliphatic hydroxyl groups excluding tert-OH is 1. The van der Waals surface area contributed by atoms with Crippen LogP contribution in [0, 0.1) is 16.3 Å². The monoisotopic (exact) mass is 475 g/mol. The summed E-state index contributed by atoms with van der Waals surface area (Å²) in [6, 6.07) is 5.95. The molecule has 0 aliphatic carbocycles. The Balaban J connectivity index is 2.41. The van der Waals surface area contributed by atoms with Crippen LogP contribution in [0.15, 0.2) is 29.1 Å². The van der Waals surface area contributed by atoms with Crippen molar-refractivity contribution in [2.24, 2.45) is 7.05 Å². The molecule has 1 atom stereocenters. The summed E-state index contributed by atoms with van der Waals surface area (Å²) in [5.74, 6) is -1.02. The number of pyridine rings is 1. The van der Waals surface area contributed by atoms with E-state index in [4.69, 9.17) is 4.84 Å². The summed E-state index contributed by atoms with van der Waals surface area (Å²) in [6.45, 7) is 2.99. The van der Waals surface area contributed by atoms with E-state index in [0.29, 0.717) is 9.13 Å². The van der Waals surface area contributed by atoms with Gasteiger partial charge in [-0.25, -0.2) is 9.87 Å². The molecule has 0 saturated carbocycles. The van der Waals surface area contributed by atoms with E-state index in [9.17, 15) is 19.1 Å². The van der Waals surface area contributed by atoms with Gasteiger partial charge >= 0.3 is 0 Å². The lowest BCUT2D eigenvalue weighted by Crippen LogP contribution is -2.31. The highest BCUT2D eigenvalue weighted by atomic mass is 127. The van der Waals surface area contributed by atoms with Crippen LogP contribution in [-0.4, -0.2) is 28.3 Å². The molecule has 1 amide bonds. The van der Waals surface area contributed by atoms with Gasteiger partial charge in [0.05, 0.1) is 17.4 Å². The Hall–Kier alpha value is -1.98. The van der Waals surface area contributed by atoms with Crippen LogP contribution in [0.2, 0.25) is 0 Å². The summed E-state index contributed by atoms with van der Waals surface area (Å²) in [5.41, 5.74) is 2.47. The van der Waals surface area contributed by atoms with Gasteiger partial charge in [0.1, 0.15) is 18.2 Å². The number of halogens is 2. The third-order valence-corrected chi connectivity index (χ3v) is 4.18. The Morgan fingerprint density at radius 1 is 1.42 bits per heavy atom. The number of hydroxylamine groups is 1. The van der Waals surface area contributed by atoms with E-state index < -0.39 is 17.8 Å². The molecule has 0 radical (unpaired) electrons. The number of aromatic nitrogens is 1. The predicted octanol–water partition coefficient (Wildman–Crippen LogP) is 2.22. The number of hydrogen-bond donors (Lipinski definition) is 3. The second kappa shape index (κ2) is 8.60. The standard InChI is InChI=1S/C17H19FIN3O4/c1-9-6-12(16(24)21-26-8-10(2)23)15(22(3)17(9)25)20-14-5-4-11(19)7-13(14)18/h4-7,10,20,23H,8H2,1-3H3,(H,21,24). The minimum Gasteiger partial charge on any atom is -0.391 e. The van der Waals surface area contributed by atoms with Crippen molar-refractivity contribution in [2.75, 3.05) is 11.9 Å². The van der Waals surface area contributed by atoms with Crippen molar-refractivity contribution in [2.45, 2.75) is 20.0 Å². The lowest BCUT2D eigenvalue weighted by Gasteiger charge is -2.17. The Labute approximate surface area is 163 Å². The number of aryl methyl sites for hydroxylation is 1. The molecule has 1 aromatic heterocycles. The van der Waals surface area contributed by atoms with Crippen LogP contribution >= 0.6 is 22.6 Å². The van der Waals surface area contributed by atoms with Crippen LogP contribution < -0.4 is 16.4 Å². The molecular weight excluding hydrogens is 456 g/mol. The molecule has 0 bridgehead atoms. The summed E-state index contributed by atoms with van der Waals surface area (Å²) in [6.07, 6.45) is -0.754. The van der Waals surface area contributed by atoms with Crippen molar-refractivity contribution >= 4 is 40.0 Å². The second-order valence-electron chi connectivity index (χ2n) is 5.79. The van der Waals surface area contributed by atoms with E-state index >= 15 is 0 Å². The van der Waals surface area contributed by atoms with Crippen LogP contribution in [0.3, 0.4) is 0 Å². The number of nitrogens with zero attached hydrogens (tertiary/aromatic N) is 1. The van der Waals surface area contributed by atoms with Gasteiger partial charge in [0.2, 0.25) is 0 Å². The normalized spacial score (nSPS) is 11.9. The largest absolute Gasteiger partial charge is 0.391 e. The van der Waals surface area contributed by atoms with Crippen molar-refractivity contribution in [1.29, 1.82) is 0 Å². The summed E-state index contributed by atoms with van der Waals surface area (Å²) in [5, 5.41) is 12.0. The van der Waals surface area contributed by atoms with Gasteiger partial charge in [-0.05, 0) is 60.7 Å². The average Bonchev–Trinajstić information content (AvgIpc) is 2.56. The number of carbonyl (C=O) groups is 1. The Morgan fingerprint density at radius 2 is 2.12 bits per heavy atom. The van der Waals surface area contributed by atoms with E-state index in [1.54, 1.807) is 13.0 Å². The molecule has 7 nitrogen and oxygen atoms in total. The van der Waals surface area contributed by atoms with Crippen LogP contribution in [0.25, 0.3) is 0 Å². The Bertz CT molecular complexity index is 883. The number of benzene rings is 1. The molecule has 2 aromatic rings. The second-order valence-corrected chi connectivity index (χ2v) is 7.04. The molecule has 140 valence electrons. The zero-order valence-electron chi connectivity index (χ0n) is 14.5. The Morgan fingerprint density at radius 3 is 2.73 bits per heavy atom. The number of rotatable bonds is 6. The smallest absolute Gasteiger partial charge is 0.278 e. The molecule has 1 unspecified atom stereocenters. The van der Waals surface area contributed by atoms with Crippen LogP contribution in [-0.2, 0) is 11.9 Å². The lowest BCUT2D eigenvalue weighted by atomic mass is 10.1. The number of amides is 1. The first-order valence-corrected chi connectivity index (χ1v) is 8.81. The average molecular weight is 475 g/mol. The van der Waals surface area contributed by atoms with Gasteiger partial charge in [-0.1, -0.05) is 0 Å². The third-order valence-electron chi connectivity index (χ3n) is 3.51. The fourth-order valence-electron chi connectivity index (χ4n) is 2.22. The highest BCUT2D eigenvalue weighted by Crippen LogP contribution is 2.24. The van der Waals surface area contributed by atoms with Crippen molar-refractivity contribution in [3.8, 4) is 0 Å². The minimum atomic E-state index is -0.754. The van der Waals surface area contributed by atoms with Gasteiger partial charge in [-0.2, -0.15) is 0 Å². The predicted molar refractivity (Wildman–Crippen MR) is 104 cm³/mol. The lowest BCUT2D eigenvalue weighted by molar-refractivity contribution is -0.00685. The first kappa shape index (κ1) is 20.3. The van der Waals surface area contributed by atoms with Gasteiger partial charge in [0, 0.05) is 16.2 Å². The maximum atomic E-state index is 14.2. The molecule has 1 aromatic carbocycles. The van der Waals surface area contributed by atoms with Crippen LogP contribution in [0.1, 0.15) is 22.8 Å². The highest BCUT2D eigenvalue weighted by molar-refractivity contribution is 14.1. The number of nitrogens with one attached hydrogen (secondary N) is 2. The molecule has 0 aliphatic rings. The molecule has 26 heavy (non-hydrogen) atoms. The molecule has 0 spiro atoms. The molecule has 9 heteroatoms. The van der Waals surface area contributed by atoms with Crippen molar-refractivity contribution < 1.29 is 19.1 Å². The van der Waals surface area contributed by atoms with Gasteiger partial charge in [-0.3, -0.25) is 19.0 Å². The van der Waals surface area contributed by atoms with Gasteiger partial charge in [0.25, 0.3) is 11.5 Å². The van der Waals surface area contributed by atoms with E-state index in [1.165, 1.54) is 36.7 Å². The molecule has 0 fully saturated rings.